The number of nitrogens with zero attached hydrogens (tertiary/aromatic N) is 3. The van der Waals surface area contributed by atoms with Gasteiger partial charge in [-0.05, 0) is 104 Å². The second kappa shape index (κ2) is 16.6. The quantitative estimate of drug-likeness (QED) is 0.117. The van der Waals surface area contributed by atoms with Crippen molar-refractivity contribution >= 4 is 17.5 Å². The minimum Gasteiger partial charge on any atom is -0.508 e. The molecule has 2 N–H and O–H groups in total. The van der Waals surface area contributed by atoms with Crippen LogP contribution >= 0.6 is 0 Å². The number of benzene rings is 4. The Labute approximate surface area is 339 Å². The number of rotatable bonds is 11. The fourth-order valence-electron chi connectivity index (χ4n) is 8.78. The number of piperidine rings is 1. The van der Waals surface area contributed by atoms with Crippen molar-refractivity contribution in [3.8, 4) is 17.2 Å². The van der Waals surface area contributed by atoms with Gasteiger partial charge in [0, 0.05) is 73.1 Å². The van der Waals surface area contributed by atoms with Crippen molar-refractivity contribution < 1.29 is 46.1 Å². The van der Waals surface area contributed by atoms with Crippen LogP contribution < -0.4 is 19.7 Å². The molecule has 0 spiro atoms. The topological polar surface area (TPSA) is 94.6 Å². The van der Waals surface area contributed by atoms with Gasteiger partial charge in [-0.25, -0.2) is 8.78 Å². The second-order valence-electron chi connectivity index (χ2n) is 15.7. The van der Waals surface area contributed by atoms with E-state index < -0.39 is 41.3 Å². The van der Waals surface area contributed by atoms with E-state index in [1.807, 2.05) is 12.1 Å². The van der Waals surface area contributed by atoms with E-state index in [2.05, 4.69) is 27.8 Å². The summed E-state index contributed by atoms with van der Waals surface area (Å²) in [6.07, 6.45) is -1.12. The molecule has 0 aromatic heterocycles. The third-order valence-corrected chi connectivity index (χ3v) is 11.9. The number of allylic oxidation sites excluding steroid dienone is 1. The lowest BCUT2D eigenvalue weighted by Crippen LogP contribution is -2.49. The van der Waals surface area contributed by atoms with Gasteiger partial charge >= 0.3 is 6.18 Å². The van der Waals surface area contributed by atoms with Crippen LogP contribution in [0, 0.1) is 11.6 Å². The van der Waals surface area contributed by atoms with Gasteiger partial charge in [-0.15, -0.1) is 0 Å². The number of anilines is 1. The molecule has 0 saturated carbocycles. The smallest absolute Gasteiger partial charge is 0.419 e. The van der Waals surface area contributed by atoms with Crippen molar-refractivity contribution in [3.63, 3.8) is 0 Å². The number of unbranched alkanes of at least 4 members (excludes halogenated alkanes) is 2. The first-order valence-electron chi connectivity index (χ1n) is 20.0. The summed E-state index contributed by atoms with van der Waals surface area (Å²) >= 11 is 0. The molecule has 4 aromatic rings. The number of ether oxygens (including phenoxy) is 2. The molecule has 2 fully saturated rings. The van der Waals surface area contributed by atoms with E-state index in [1.165, 1.54) is 30.3 Å². The maximum atomic E-state index is 15.6. The standard InChI is InChI=1S/C45H45F5N4O5/c1-27-5-13-39(43(56)51-27)54-25-30-21-31(8-10-33(30)44(54)57)53-18-16-52(17-19-53)15-3-2-4-20-58-40-14-7-29(23-38(40)47)42-34-11-9-32(55)24-41(34)59-26-35(42)28-6-12-37(46)36(22-28)45(48,49)50/h6-12,14,21-24,35,39,42,55H,1-5,13,15-20,25-26H2,(H,51,56). The summed E-state index contributed by atoms with van der Waals surface area (Å²) in [7, 11) is 0. The van der Waals surface area contributed by atoms with Crippen molar-refractivity contribution in [1.29, 1.82) is 0 Å². The van der Waals surface area contributed by atoms with E-state index in [-0.39, 0.29) is 35.5 Å². The molecule has 0 aliphatic carbocycles. The third-order valence-electron chi connectivity index (χ3n) is 11.9. The van der Waals surface area contributed by atoms with Gasteiger partial charge in [0.1, 0.15) is 23.4 Å². The fraction of sp³-hybridized carbons (Fsp3) is 0.378. The maximum absolute atomic E-state index is 15.6. The van der Waals surface area contributed by atoms with E-state index in [9.17, 15) is 32.3 Å². The lowest BCUT2D eigenvalue weighted by atomic mass is 9.75. The minimum absolute atomic E-state index is 0.0557. The molecule has 59 heavy (non-hydrogen) atoms. The lowest BCUT2D eigenvalue weighted by Gasteiger charge is -2.36. The minimum atomic E-state index is -4.90. The number of phenolic OH excluding ortho intramolecular Hbond substituents is 1. The van der Waals surface area contributed by atoms with Crippen molar-refractivity contribution in [2.24, 2.45) is 0 Å². The molecular formula is C45H45F5N4O5. The molecule has 4 aliphatic heterocycles. The number of halogens is 5. The molecule has 0 bridgehead atoms. The number of aromatic hydroxyl groups is 1. The molecule has 4 aliphatic rings. The van der Waals surface area contributed by atoms with Gasteiger partial charge in [-0.1, -0.05) is 24.8 Å². The monoisotopic (exact) mass is 816 g/mol. The normalized spacial score (nSPS) is 20.9. The number of carbonyl (C=O) groups excluding carboxylic acids is 2. The zero-order valence-corrected chi connectivity index (χ0v) is 32.4. The molecule has 4 heterocycles. The summed E-state index contributed by atoms with van der Waals surface area (Å²) < 4.78 is 82.3. The first kappa shape index (κ1) is 40.2. The van der Waals surface area contributed by atoms with Gasteiger partial charge in [-0.3, -0.25) is 14.5 Å². The summed E-state index contributed by atoms with van der Waals surface area (Å²) in [5, 5.41) is 12.8. The first-order chi connectivity index (χ1) is 28.3. The third kappa shape index (κ3) is 8.45. The van der Waals surface area contributed by atoms with Gasteiger partial charge in [-0.2, -0.15) is 13.2 Å². The van der Waals surface area contributed by atoms with Crippen LogP contribution in [0.4, 0.5) is 27.6 Å². The number of hydrogen-bond donors (Lipinski definition) is 2. The number of nitrogens with one attached hydrogen (secondary N) is 1. The summed E-state index contributed by atoms with van der Waals surface area (Å²) in [6, 6.07) is 17.3. The van der Waals surface area contributed by atoms with Crippen LogP contribution in [0.15, 0.2) is 85.1 Å². The number of fused-ring (bicyclic) bond motifs is 2. The predicted octanol–water partition coefficient (Wildman–Crippen LogP) is 8.12. The van der Waals surface area contributed by atoms with E-state index >= 15 is 4.39 Å². The van der Waals surface area contributed by atoms with Gasteiger partial charge in [0.05, 0.1) is 18.8 Å². The van der Waals surface area contributed by atoms with E-state index in [4.69, 9.17) is 9.47 Å². The predicted molar refractivity (Wildman–Crippen MR) is 211 cm³/mol. The second-order valence-corrected chi connectivity index (χ2v) is 15.7. The number of hydrogen-bond acceptors (Lipinski definition) is 7. The molecule has 3 unspecified atom stereocenters. The number of carbonyl (C=O) groups is 2. The maximum Gasteiger partial charge on any atom is 0.419 e. The van der Waals surface area contributed by atoms with E-state index in [0.29, 0.717) is 60.6 Å². The number of amides is 2. The van der Waals surface area contributed by atoms with Crippen LogP contribution in [0.2, 0.25) is 0 Å². The highest BCUT2D eigenvalue weighted by molar-refractivity contribution is 6.01. The number of phenols is 1. The van der Waals surface area contributed by atoms with Crippen LogP contribution in [-0.4, -0.2) is 78.7 Å². The highest BCUT2D eigenvalue weighted by Crippen LogP contribution is 2.48. The largest absolute Gasteiger partial charge is 0.508 e. The molecule has 9 nitrogen and oxygen atoms in total. The Balaban J connectivity index is 0.815. The van der Waals surface area contributed by atoms with Crippen molar-refractivity contribution in [2.75, 3.05) is 50.8 Å². The van der Waals surface area contributed by atoms with Crippen molar-refractivity contribution in [1.82, 2.24) is 15.1 Å². The highest BCUT2D eigenvalue weighted by atomic mass is 19.4. The molecule has 2 amide bonds. The number of piperazine rings is 1. The Morgan fingerprint density at radius 1 is 0.881 bits per heavy atom. The summed E-state index contributed by atoms with van der Waals surface area (Å²) in [5.74, 6) is -3.30. The van der Waals surface area contributed by atoms with Crippen LogP contribution in [0.5, 0.6) is 17.2 Å². The molecule has 2 saturated heterocycles. The van der Waals surface area contributed by atoms with E-state index in [0.717, 1.165) is 68.9 Å². The molecular weight excluding hydrogens is 772 g/mol. The molecule has 0 radical (unpaired) electrons. The Morgan fingerprint density at radius 2 is 1.68 bits per heavy atom. The Hall–Kier alpha value is -5.63. The average molecular weight is 817 g/mol. The Morgan fingerprint density at radius 3 is 2.44 bits per heavy atom. The molecule has 3 atom stereocenters. The van der Waals surface area contributed by atoms with Crippen LogP contribution in [0.3, 0.4) is 0 Å². The Bertz CT molecular complexity index is 2260. The highest BCUT2D eigenvalue weighted by Gasteiger charge is 2.40. The zero-order valence-electron chi connectivity index (χ0n) is 32.4. The zero-order chi connectivity index (χ0) is 41.4. The van der Waals surface area contributed by atoms with Crippen molar-refractivity contribution in [2.45, 2.75) is 62.7 Å². The lowest BCUT2D eigenvalue weighted by molar-refractivity contribution is -0.140. The molecule has 14 heteroatoms. The average Bonchev–Trinajstić information content (AvgIpc) is 3.53. The van der Waals surface area contributed by atoms with Crippen LogP contribution in [0.1, 0.15) is 82.1 Å². The van der Waals surface area contributed by atoms with E-state index in [1.54, 1.807) is 17.0 Å². The Kier molecular flexibility index (Phi) is 11.3. The molecule has 310 valence electrons. The molecule has 8 rings (SSSR count). The van der Waals surface area contributed by atoms with Gasteiger partial charge < -0.3 is 29.7 Å². The summed E-state index contributed by atoms with van der Waals surface area (Å²) in [4.78, 5) is 32.1. The van der Waals surface area contributed by atoms with Gasteiger partial charge in [0.25, 0.3) is 5.91 Å². The van der Waals surface area contributed by atoms with Crippen LogP contribution in [-0.2, 0) is 17.5 Å². The fourth-order valence-corrected chi connectivity index (χ4v) is 8.78. The van der Waals surface area contributed by atoms with Gasteiger partial charge in [0.2, 0.25) is 5.91 Å². The summed E-state index contributed by atoms with van der Waals surface area (Å²) in [6.45, 7) is 8.90. The summed E-state index contributed by atoms with van der Waals surface area (Å²) in [5.41, 5.74) is 3.19. The molecule has 4 aromatic carbocycles. The number of alkyl halides is 3. The SMILES string of the molecule is C=C1CCC(N2Cc3cc(N4CCN(CCCCCOc5ccc(C6c7ccc(O)cc7OCC6c6ccc(F)c(C(F)(F)F)c6)cc5F)CC4)ccc3C2=O)C(=O)N1. The first-order valence-corrected chi connectivity index (χ1v) is 20.0. The van der Waals surface area contributed by atoms with Gasteiger partial charge in [0.15, 0.2) is 11.6 Å². The van der Waals surface area contributed by atoms with Crippen molar-refractivity contribution in [3.05, 3.63) is 130 Å². The van der Waals surface area contributed by atoms with Crippen LogP contribution in [0.25, 0.3) is 0 Å².